The summed E-state index contributed by atoms with van der Waals surface area (Å²) in [5.74, 6) is 0.0833. The molecule has 1 fully saturated rings. The van der Waals surface area contributed by atoms with Crippen LogP contribution in [0.1, 0.15) is 18.4 Å². The van der Waals surface area contributed by atoms with Gasteiger partial charge in [-0.05, 0) is 37.6 Å². The van der Waals surface area contributed by atoms with Gasteiger partial charge in [0, 0.05) is 12.6 Å². The highest BCUT2D eigenvalue weighted by Gasteiger charge is 2.27. The highest BCUT2D eigenvalue weighted by Crippen LogP contribution is 2.17. The third-order valence-electron chi connectivity index (χ3n) is 3.47. The lowest BCUT2D eigenvalue weighted by molar-refractivity contribution is 0.505. The maximum Gasteiger partial charge on any atom is 0.240 e. The second kappa shape index (κ2) is 6.43. The van der Waals surface area contributed by atoms with Gasteiger partial charge in [-0.2, -0.15) is 0 Å². The Morgan fingerprint density at radius 2 is 1.90 bits per heavy atom. The molecule has 0 aromatic heterocycles. The van der Waals surface area contributed by atoms with E-state index in [1.54, 1.807) is 25.2 Å². The molecule has 1 aliphatic rings. The Morgan fingerprint density at radius 1 is 1.24 bits per heavy atom. The van der Waals surface area contributed by atoms with Crippen LogP contribution in [0.15, 0.2) is 29.2 Å². The van der Waals surface area contributed by atoms with Gasteiger partial charge in [0.05, 0.1) is 16.4 Å². The average molecular weight is 332 g/mol. The number of sulfonamides is 1. The van der Waals surface area contributed by atoms with Gasteiger partial charge < -0.3 is 5.32 Å². The Hall–Kier alpha value is -0.960. The van der Waals surface area contributed by atoms with Crippen molar-refractivity contribution in [3.05, 3.63) is 29.8 Å². The molecule has 1 saturated heterocycles. The molecule has 0 saturated carbocycles. The van der Waals surface area contributed by atoms with Crippen LogP contribution >= 0.6 is 0 Å². The number of hydrogen-bond acceptors (Lipinski definition) is 5. The fourth-order valence-corrected chi connectivity index (χ4v) is 5.19. The fraction of sp³-hybridized carbons (Fsp3) is 0.538. The van der Waals surface area contributed by atoms with Gasteiger partial charge in [-0.15, -0.1) is 0 Å². The van der Waals surface area contributed by atoms with Crippen molar-refractivity contribution in [3.63, 3.8) is 0 Å². The van der Waals surface area contributed by atoms with Gasteiger partial charge in [0.25, 0.3) is 0 Å². The maximum absolute atomic E-state index is 12.3. The summed E-state index contributed by atoms with van der Waals surface area (Å²) in [7, 11) is -4.81. The first kappa shape index (κ1) is 16.4. The van der Waals surface area contributed by atoms with E-state index in [0.717, 1.165) is 5.56 Å². The normalized spacial score (nSPS) is 19.5. The molecule has 1 aliphatic heterocycles. The van der Waals surface area contributed by atoms with Crippen molar-refractivity contribution in [2.45, 2.75) is 30.3 Å². The van der Waals surface area contributed by atoms with E-state index in [-0.39, 0.29) is 22.4 Å². The van der Waals surface area contributed by atoms with E-state index in [2.05, 4.69) is 10.0 Å². The predicted octanol–water partition coefficient (Wildman–Crippen LogP) is 0.262. The van der Waals surface area contributed by atoms with Crippen LogP contribution in [0.5, 0.6) is 0 Å². The van der Waals surface area contributed by atoms with E-state index >= 15 is 0 Å². The summed E-state index contributed by atoms with van der Waals surface area (Å²) >= 11 is 0. The summed E-state index contributed by atoms with van der Waals surface area (Å²) in [6.45, 7) is 0.588. The zero-order chi connectivity index (χ0) is 15.5. The zero-order valence-corrected chi connectivity index (χ0v) is 13.5. The van der Waals surface area contributed by atoms with Gasteiger partial charge >= 0.3 is 0 Å². The third-order valence-corrected chi connectivity index (χ3v) is 6.70. The molecule has 0 bridgehead atoms. The summed E-state index contributed by atoms with van der Waals surface area (Å²) in [5.41, 5.74) is 0.881. The molecular formula is C13H20N2O4S2. The highest BCUT2D eigenvalue weighted by atomic mass is 32.2. The average Bonchev–Trinajstić information content (AvgIpc) is 2.42. The van der Waals surface area contributed by atoms with E-state index in [4.69, 9.17) is 0 Å². The van der Waals surface area contributed by atoms with Crippen molar-refractivity contribution in [1.82, 2.24) is 10.0 Å². The van der Waals surface area contributed by atoms with Crippen LogP contribution in [-0.4, -0.2) is 41.4 Å². The van der Waals surface area contributed by atoms with Crippen LogP contribution in [0, 0.1) is 0 Å². The summed E-state index contributed by atoms with van der Waals surface area (Å²) in [6.07, 6.45) is 0.662. The highest BCUT2D eigenvalue weighted by molar-refractivity contribution is 7.91. The largest absolute Gasteiger partial charge is 0.316 e. The topological polar surface area (TPSA) is 92.3 Å². The summed E-state index contributed by atoms with van der Waals surface area (Å²) in [6, 6.07) is 6.40. The smallest absolute Gasteiger partial charge is 0.240 e. The molecule has 0 amide bonds. The van der Waals surface area contributed by atoms with Crippen molar-refractivity contribution in [3.8, 4) is 0 Å². The molecule has 0 aliphatic carbocycles. The maximum atomic E-state index is 12.3. The molecule has 118 valence electrons. The van der Waals surface area contributed by atoms with Crippen molar-refractivity contribution >= 4 is 19.9 Å². The zero-order valence-electron chi connectivity index (χ0n) is 11.9. The lowest BCUT2D eigenvalue weighted by Crippen LogP contribution is -2.40. The lowest BCUT2D eigenvalue weighted by atomic mass is 10.2. The van der Waals surface area contributed by atoms with E-state index in [1.807, 2.05) is 6.07 Å². The molecule has 2 N–H and O–H groups in total. The molecule has 0 unspecified atom stereocenters. The Balaban J connectivity index is 2.10. The minimum Gasteiger partial charge on any atom is -0.316 e. The first-order chi connectivity index (χ1) is 9.82. The lowest BCUT2D eigenvalue weighted by Gasteiger charge is -2.23. The van der Waals surface area contributed by atoms with Gasteiger partial charge in [0.1, 0.15) is 9.84 Å². The van der Waals surface area contributed by atoms with Crippen molar-refractivity contribution in [2.75, 3.05) is 18.6 Å². The van der Waals surface area contributed by atoms with Gasteiger partial charge in [0.2, 0.25) is 10.0 Å². The third kappa shape index (κ3) is 4.50. The van der Waals surface area contributed by atoms with E-state index in [9.17, 15) is 16.8 Å². The SMILES string of the molecule is CNCc1cccc(S(=O)(=O)NC2CCS(=O)(=O)CC2)c1. The Labute approximate surface area is 125 Å². The number of benzene rings is 1. The first-order valence-corrected chi connectivity index (χ1v) is 10.1. The fourth-order valence-electron chi connectivity index (χ4n) is 2.32. The van der Waals surface area contributed by atoms with Crippen LogP contribution in [0.4, 0.5) is 0 Å². The van der Waals surface area contributed by atoms with Gasteiger partial charge in [-0.1, -0.05) is 12.1 Å². The van der Waals surface area contributed by atoms with E-state index in [1.165, 1.54) is 0 Å². The monoisotopic (exact) mass is 332 g/mol. The second-order valence-electron chi connectivity index (χ2n) is 5.23. The minimum absolute atomic E-state index is 0.0416. The van der Waals surface area contributed by atoms with Crippen molar-refractivity contribution < 1.29 is 16.8 Å². The van der Waals surface area contributed by atoms with Crippen LogP contribution in [0.25, 0.3) is 0 Å². The Morgan fingerprint density at radius 3 is 2.52 bits per heavy atom. The predicted molar refractivity (Wildman–Crippen MR) is 81.2 cm³/mol. The van der Waals surface area contributed by atoms with Gasteiger partial charge in [-0.25, -0.2) is 21.6 Å². The molecule has 1 aromatic rings. The number of nitrogens with one attached hydrogen (secondary N) is 2. The number of sulfone groups is 1. The molecule has 0 atom stereocenters. The summed E-state index contributed by atoms with van der Waals surface area (Å²) in [5, 5.41) is 2.97. The Bertz CT molecular complexity index is 685. The molecule has 21 heavy (non-hydrogen) atoms. The minimum atomic E-state index is -3.61. The van der Waals surface area contributed by atoms with Gasteiger partial charge in [0.15, 0.2) is 0 Å². The molecular weight excluding hydrogens is 312 g/mol. The molecule has 6 nitrogen and oxygen atoms in total. The first-order valence-electron chi connectivity index (χ1n) is 6.79. The number of rotatable bonds is 5. The second-order valence-corrected chi connectivity index (χ2v) is 9.24. The molecule has 8 heteroatoms. The molecule has 2 rings (SSSR count). The van der Waals surface area contributed by atoms with Crippen LogP contribution in [-0.2, 0) is 26.4 Å². The Kier molecular flexibility index (Phi) is 5.03. The van der Waals surface area contributed by atoms with Crippen molar-refractivity contribution in [1.29, 1.82) is 0 Å². The van der Waals surface area contributed by atoms with Crippen LogP contribution < -0.4 is 10.0 Å². The molecule has 1 heterocycles. The summed E-state index contributed by atoms with van der Waals surface area (Å²) in [4.78, 5) is 0.212. The molecule has 0 radical (unpaired) electrons. The van der Waals surface area contributed by atoms with E-state index in [0.29, 0.717) is 19.4 Å². The van der Waals surface area contributed by atoms with Gasteiger partial charge in [-0.3, -0.25) is 0 Å². The van der Waals surface area contributed by atoms with Crippen molar-refractivity contribution in [2.24, 2.45) is 0 Å². The molecule has 1 aromatic carbocycles. The number of hydrogen-bond donors (Lipinski definition) is 2. The standard InChI is InChI=1S/C13H20N2O4S2/c1-14-10-11-3-2-4-13(9-11)21(18,19)15-12-5-7-20(16,17)8-6-12/h2-4,9,12,14-15H,5-8,10H2,1H3. The molecule has 0 spiro atoms. The van der Waals surface area contributed by atoms with Crippen LogP contribution in [0.3, 0.4) is 0 Å². The van der Waals surface area contributed by atoms with Crippen LogP contribution in [0.2, 0.25) is 0 Å². The quantitative estimate of drug-likeness (QED) is 0.807. The van der Waals surface area contributed by atoms with E-state index < -0.39 is 19.9 Å². The summed E-state index contributed by atoms with van der Waals surface area (Å²) < 4.78 is 50.0.